The highest BCUT2D eigenvalue weighted by Crippen LogP contribution is 2.27. The van der Waals surface area contributed by atoms with Crippen molar-refractivity contribution in [1.29, 1.82) is 0 Å². The Morgan fingerprint density at radius 3 is 2.44 bits per heavy atom. The van der Waals surface area contributed by atoms with Crippen LogP contribution in [-0.2, 0) is 0 Å². The molecule has 0 amide bonds. The van der Waals surface area contributed by atoms with E-state index >= 15 is 0 Å². The molecule has 0 aromatic heterocycles. The van der Waals surface area contributed by atoms with Crippen LogP contribution in [0.25, 0.3) is 0 Å². The first-order valence-corrected chi connectivity index (χ1v) is 7.45. The van der Waals surface area contributed by atoms with Crippen molar-refractivity contribution >= 4 is 15.9 Å². The Morgan fingerprint density at radius 1 is 1.28 bits per heavy atom. The summed E-state index contributed by atoms with van der Waals surface area (Å²) in [5.41, 5.74) is 1.17. The quantitative estimate of drug-likeness (QED) is 0.801. The third-order valence-corrected chi connectivity index (χ3v) is 3.96. The molecule has 0 radical (unpaired) electrons. The SMILES string of the molecule is CCCNC(C(C)C)C(C)c1ccc(F)c(Br)c1. The van der Waals surface area contributed by atoms with Gasteiger partial charge in [0.2, 0.25) is 0 Å². The van der Waals surface area contributed by atoms with Crippen molar-refractivity contribution in [2.24, 2.45) is 5.92 Å². The van der Waals surface area contributed by atoms with Crippen LogP contribution < -0.4 is 5.32 Å². The fraction of sp³-hybridized carbons (Fsp3) is 0.600. The highest BCUT2D eigenvalue weighted by molar-refractivity contribution is 9.10. The third kappa shape index (κ3) is 4.06. The van der Waals surface area contributed by atoms with Gasteiger partial charge in [-0.05, 0) is 58.4 Å². The third-order valence-electron chi connectivity index (χ3n) is 3.36. The van der Waals surface area contributed by atoms with E-state index in [4.69, 9.17) is 0 Å². The van der Waals surface area contributed by atoms with Crippen molar-refractivity contribution in [2.45, 2.75) is 46.1 Å². The highest BCUT2D eigenvalue weighted by atomic mass is 79.9. The molecule has 1 rings (SSSR count). The van der Waals surface area contributed by atoms with Crippen molar-refractivity contribution < 1.29 is 4.39 Å². The average Bonchev–Trinajstić information content (AvgIpc) is 2.32. The number of hydrogen-bond acceptors (Lipinski definition) is 1. The largest absolute Gasteiger partial charge is 0.313 e. The van der Waals surface area contributed by atoms with E-state index in [-0.39, 0.29) is 5.82 Å². The van der Waals surface area contributed by atoms with Crippen molar-refractivity contribution in [3.8, 4) is 0 Å². The summed E-state index contributed by atoms with van der Waals surface area (Å²) >= 11 is 3.26. The smallest absolute Gasteiger partial charge is 0.137 e. The number of benzene rings is 1. The zero-order valence-electron chi connectivity index (χ0n) is 11.6. The first kappa shape index (κ1) is 15.6. The van der Waals surface area contributed by atoms with E-state index in [1.807, 2.05) is 12.1 Å². The molecule has 0 saturated carbocycles. The van der Waals surface area contributed by atoms with E-state index in [2.05, 4.69) is 48.9 Å². The van der Waals surface area contributed by atoms with Crippen molar-refractivity contribution in [1.82, 2.24) is 5.32 Å². The molecule has 0 spiro atoms. The molecule has 1 aromatic rings. The zero-order chi connectivity index (χ0) is 13.7. The van der Waals surface area contributed by atoms with Crippen LogP contribution in [0, 0.1) is 11.7 Å². The van der Waals surface area contributed by atoms with Crippen LogP contribution in [0.5, 0.6) is 0 Å². The maximum Gasteiger partial charge on any atom is 0.137 e. The lowest BCUT2D eigenvalue weighted by Gasteiger charge is -2.29. The summed E-state index contributed by atoms with van der Waals surface area (Å²) in [5, 5.41) is 3.59. The number of nitrogens with one attached hydrogen (secondary N) is 1. The van der Waals surface area contributed by atoms with Gasteiger partial charge in [-0.1, -0.05) is 33.8 Å². The van der Waals surface area contributed by atoms with Gasteiger partial charge in [-0.3, -0.25) is 0 Å². The van der Waals surface area contributed by atoms with Gasteiger partial charge in [-0.15, -0.1) is 0 Å². The van der Waals surface area contributed by atoms with Gasteiger partial charge in [0.25, 0.3) is 0 Å². The van der Waals surface area contributed by atoms with Gasteiger partial charge in [0.05, 0.1) is 4.47 Å². The van der Waals surface area contributed by atoms with Gasteiger partial charge < -0.3 is 5.32 Å². The Kier molecular flexibility index (Phi) is 6.30. The molecule has 1 N–H and O–H groups in total. The molecule has 0 saturated heterocycles. The second-order valence-corrected chi connectivity index (χ2v) is 6.04. The standard InChI is InChI=1S/C15H23BrFN/c1-5-8-18-15(10(2)3)11(4)12-6-7-14(17)13(16)9-12/h6-7,9-11,15,18H,5,8H2,1-4H3. The van der Waals surface area contributed by atoms with Gasteiger partial charge in [-0.25, -0.2) is 4.39 Å². The van der Waals surface area contributed by atoms with E-state index in [1.54, 1.807) is 0 Å². The summed E-state index contributed by atoms with van der Waals surface area (Å²) in [7, 11) is 0. The Balaban J connectivity index is 2.87. The maximum absolute atomic E-state index is 13.3. The highest BCUT2D eigenvalue weighted by Gasteiger charge is 2.21. The summed E-state index contributed by atoms with van der Waals surface area (Å²) in [5.74, 6) is 0.720. The molecule has 1 nitrogen and oxygen atoms in total. The van der Waals surface area contributed by atoms with Gasteiger partial charge in [-0.2, -0.15) is 0 Å². The maximum atomic E-state index is 13.3. The molecule has 2 unspecified atom stereocenters. The molecule has 0 fully saturated rings. The van der Waals surface area contributed by atoms with Crippen LogP contribution in [-0.4, -0.2) is 12.6 Å². The molecule has 0 aliphatic rings. The van der Waals surface area contributed by atoms with E-state index in [9.17, 15) is 4.39 Å². The molecular formula is C15H23BrFN. The summed E-state index contributed by atoms with van der Waals surface area (Å²) < 4.78 is 13.8. The lowest BCUT2D eigenvalue weighted by atomic mass is 9.86. The Morgan fingerprint density at radius 2 is 1.94 bits per heavy atom. The van der Waals surface area contributed by atoms with Gasteiger partial charge in [0.15, 0.2) is 0 Å². The molecule has 0 heterocycles. The molecule has 0 aliphatic heterocycles. The summed E-state index contributed by atoms with van der Waals surface area (Å²) in [6.45, 7) is 9.84. The normalized spacial score (nSPS) is 14.8. The molecule has 3 heteroatoms. The average molecular weight is 316 g/mol. The number of rotatable bonds is 6. The minimum atomic E-state index is -0.200. The summed E-state index contributed by atoms with van der Waals surface area (Å²) in [6.07, 6.45) is 1.13. The predicted molar refractivity (Wildman–Crippen MR) is 79.4 cm³/mol. The molecule has 1 aromatic carbocycles. The summed E-state index contributed by atoms with van der Waals surface area (Å²) in [6, 6.07) is 5.73. The second kappa shape index (κ2) is 7.25. The number of halogens is 2. The van der Waals surface area contributed by atoms with E-state index in [0.29, 0.717) is 22.4 Å². The van der Waals surface area contributed by atoms with Gasteiger partial charge >= 0.3 is 0 Å². The first-order chi connectivity index (χ1) is 8.47. The monoisotopic (exact) mass is 315 g/mol. The number of hydrogen-bond donors (Lipinski definition) is 1. The Labute approximate surface area is 118 Å². The van der Waals surface area contributed by atoms with Gasteiger partial charge in [0, 0.05) is 6.04 Å². The molecule has 102 valence electrons. The lowest BCUT2D eigenvalue weighted by molar-refractivity contribution is 0.354. The topological polar surface area (TPSA) is 12.0 Å². The van der Waals surface area contributed by atoms with Crippen LogP contribution in [0.4, 0.5) is 4.39 Å². The Hall–Kier alpha value is -0.410. The van der Waals surface area contributed by atoms with Crippen LogP contribution in [0.3, 0.4) is 0 Å². The van der Waals surface area contributed by atoms with Crippen LogP contribution >= 0.6 is 15.9 Å². The molecule has 18 heavy (non-hydrogen) atoms. The Bertz CT molecular complexity index is 379. The molecule has 0 aliphatic carbocycles. The zero-order valence-corrected chi connectivity index (χ0v) is 13.2. The van der Waals surface area contributed by atoms with Crippen LogP contribution in [0.2, 0.25) is 0 Å². The predicted octanol–water partition coefficient (Wildman–Crippen LogP) is 4.72. The fourth-order valence-electron chi connectivity index (χ4n) is 2.30. The molecular weight excluding hydrogens is 293 g/mol. The molecule has 0 bridgehead atoms. The fourth-order valence-corrected chi connectivity index (χ4v) is 2.70. The lowest BCUT2D eigenvalue weighted by Crippen LogP contribution is -2.38. The minimum Gasteiger partial charge on any atom is -0.313 e. The first-order valence-electron chi connectivity index (χ1n) is 6.65. The minimum absolute atomic E-state index is 0.200. The van der Waals surface area contributed by atoms with Gasteiger partial charge in [0.1, 0.15) is 5.82 Å². The second-order valence-electron chi connectivity index (χ2n) is 5.19. The molecule has 2 atom stereocenters. The van der Waals surface area contributed by atoms with Crippen molar-refractivity contribution in [2.75, 3.05) is 6.54 Å². The van der Waals surface area contributed by atoms with Crippen LogP contribution in [0.1, 0.15) is 45.6 Å². The van der Waals surface area contributed by atoms with E-state index in [1.165, 1.54) is 11.6 Å². The van der Waals surface area contributed by atoms with E-state index < -0.39 is 0 Å². The van der Waals surface area contributed by atoms with Crippen LogP contribution in [0.15, 0.2) is 22.7 Å². The summed E-state index contributed by atoms with van der Waals surface area (Å²) in [4.78, 5) is 0. The van der Waals surface area contributed by atoms with Crippen molar-refractivity contribution in [3.63, 3.8) is 0 Å². The van der Waals surface area contributed by atoms with E-state index in [0.717, 1.165) is 13.0 Å². The van der Waals surface area contributed by atoms with Crippen molar-refractivity contribution in [3.05, 3.63) is 34.1 Å².